The van der Waals surface area contributed by atoms with Crippen molar-refractivity contribution in [1.29, 1.82) is 0 Å². The first kappa shape index (κ1) is 19.9. The van der Waals surface area contributed by atoms with E-state index < -0.39 is 24.2 Å². The number of likely N-dealkylation sites (tertiary alicyclic amines) is 1. The van der Waals surface area contributed by atoms with E-state index in [2.05, 4.69) is 4.98 Å². The van der Waals surface area contributed by atoms with E-state index in [4.69, 9.17) is 4.74 Å². The van der Waals surface area contributed by atoms with Crippen LogP contribution in [0.4, 0.5) is 13.6 Å². The lowest BCUT2D eigenvalue weighted by atomic mass is 10.1. The highest BCUT2D eigenvalue weighted by Gasteiger charge is 2.38. The van der Waals surface area contributed by atoms with Crippen molar-refractivity contribution in [1.82, 2.24) is 14.5 Å². The molecular weight excluding hydrogens is 344 g/mol. The number of rotatable bonds is 0. The van der Waals surface area contributed by atoms with Gasteiger partial charge in [-0.3, -0.25) is 4.57 Å². The first-order valence-corrected chi connectivity index (χ1v) is 8.48. The molecule has 144 valence electrons. The Bertz CT molecular complexity index is 821. The van der Waals surface area contributed by atoms with Crippen LogP contribution in [0.25, 0.3) is 11.0 Å². The third-order valence-electron chi connectivity index (χ3n) is 3.86. The van der Waals surface area contributed by atoms with E-state index in [1.54, 1.807) is 32.4 Å². The predicted octanol–water partition coefficient (Wildman–Crippen LogP) is 3.52. The normalized spacial score (nSPS) is 16.8. The van der Waals surface area contributed by atoms with Crippen LogP contribution in [0.5, 0.6) is 0 Å². The van der Waals surface area contributed by atoms with Crippen LogP contribution < -0.4 is 5.69 Å². The van der Waals surface area contributed by atoms with Crippen molar-refractivity contribution >= 4 is 17.1 Å². The monoisotopic (exact) mass is 369 g/mol. The zero-order valence-electron chi connectivity index (χ0n) is 15.5. The lowest BCUT2D eigenvalue weighted by molar-refractivity contribution is -0.0687. The maximum Gasteiger partial charge on any atom is 0.410 e. The molecule has 8 heteroatoms. The second-order valence-electron chi connectivity index (χ2n) is 7.37. The molecule has 1 aromatic carbocycles. The molecule has 1 saturated heterocycles. The van der Waals surface area contributed by atoms with Gasteiger partial charge in [0, 0.05) is 20.0 Å². The van der Waals surface area contributed by atoms with Gasteiger partial charge >= 0.3 is 11.8 Å². The van der Waals surface area contributed by atoms with E-state index in [0.29, 0.717) is 13.0 Å². The number of nitrogens with one attached hydrogen (secondary N) is 1. The smallest absolute Gasteiger partial charge is 0.410 e. The number of carbonyl (C=O) groups excluding carboxylic acids is 1. The first-order chi connectivity index (χ1) is 12.0. The topological polar surface area (TPSA) is 67.3 Å². The molecule has 0 bridgehead atoms. The SMILES string of the molecule is CC(C)(C)OC(=O)N1CCCC(F)(F)C1.Cn1c(=O)[nH]c2ccccc21. The summed E-state index contributed by atoms with van der Waals surface area (Å²) in [5.74, 6) is -2.77. The van der Waals surface area contributed by atoms with Crippen molar-refractivity contribution in [2.24, 2.45) is 7.05 Å². The molecule has 6 nitrogen and oxygen atoms in total. The number of fused-ring (bicyclic) bond motifs is 1. The van der Waals surface area contributed by atoms with Crippen molar-refractivity contribution in [3.05, 3.63) is 34.7 Å². The van der Waals surface area contributed by atoms with E-state index in [0.717, 1.165) is 15.9 Å². The van der Waals surface area contributed by atoms with Crippen LogP contribution in [0, 0.1) is 0 Å². The molecule has 1 aliphatic rings. The number of benzene rings is 1. The fraction of sp³-hybridized carbons (Fsp3) is 0.556. The molecule has 1 amide bonds. The summed E-state index contributed by atoms with van der Waals surface area (Å²) < 4.78 is 32.6. The molecule has 3 rings (SSSR count). The van der Waals surface area contributed by atoms with Crippen LogP contribution in [0.2, 0.25) is 0 Å². The van der Waals surface area contributed by atoms with Crippen molar-refractivity contribution in [3.8, 4) is 0 Å². The number of H-pyrrole nitrogens is 1. The lowest BCUT2D eigenvalue weighted by Gasteiger charge is -2.33. The molecule has 0 aliphatic carbocycles. The maximum atomic E-state index is 13.0. The molecule has 0 spiro atoms. The molecule has 1 aliphatic heterocycles. The first-order valence-electron chi connectivity index (χ1n) is 8.48. The highest BCUT2D eigenvalue weighted by atomic mass is 19.3. The largest absolute Gasteiger partial charge is 0.444 e. The van der Waals surface area contributed by atoms with Crippen LogP contribution in [0.15, 0.2) is 29.1 Å². The molecule has 1 N–H and O–H groups in total. The number of para-hydroxylation sites is 2. The molecule has 1 aromatic heterocycles. The zero-order valence-corrected chi connectivity index (χ0v) is 15.5. The van der Waals surface area contributed by atoms with Crippen LogP contribution in [-0.2, 0) is 11.8 Å². The summed E-state index contributed by atoms with van der Waals surface area (Å²) in [5, 5.41) is 0. The Morgan fingerprint density at radius 3 is 2.50 bits per heavy atom. The van der Waals surface area contributed by atoms with Crippen LogP contribution in [0.1, 0.15) is 33.6 Å². The Labute approximate surface area is 150 Å². The van der Waals surface area contributed by atoms with Crippen molar-refractivity contribution in [2.75, 3.05) is 13.1 Å². The third kappa shape index (κ3) is 5.31. The molecule has 2 aromatic rings. The van der Waals surface area contributed by atoms with Gasteiger partial charge in [0.1, 0.15) is 5.60 Å². The fourth-order valence-electron chi connectivity index (χ4n) is 2.63. The Balaban J connectivity index is 0.000000195. The van der Waals surface area contributed by atoms with Gasteiger partial charge < -0.3 is 14.6 Å². The van der Waals surface area contributed by atoms with E-state index in [-0.39, 0.29) is 12.1 Å². The van der Waals surface area contributed by atoms with Gasteiger partial charge in [-0.05, 0) is 39.3 Å². The second kappa shape index (κ2) is 7.47. The Hall–Kier alpha value is -2.38. The quantitative estimate of drug-likeness (QED) is 0.773. The Morgan fingerprint density at radius 2 is 1.92 bits per heavy atom. The maximum absolute atomic E-state index is 13.0. The number of alkyl halides is 2. The van der Waals surface area contributed by atoms with E-state index >= 15 is 0 Å². The van der Waals surface area contributed by atoms with E-state index in [1.165, 1.54) is 0 Å². The summed E-state index contributed by atoms with van der Waals surface area (Å²) in [7, 11) is 1.75. The standard InChI is InChI=1S/C10H17F2NO2.C8H8N2O/c1-9(2,3)15-8(14)13-6-4-5-10(11,12)7-13;1-10-7-5-3-2-4-6(7)9-8(10)11/h4-7H2,1-3H3;2-5H,1H3,(H,9,11). The number of aromatic amines is 1. The van der Waals surface area contributed by atoms with Gasteiger partial charge in [0.2, 0.25) is 0 Å². The number of imidazole rings is 1. The van der Waals surface area contributed by atoms with Gasteiger partial charge in [0.15, 0.2) is 0 Å². The summed E-state index contributed by atoms with van der Waals surface area (Å²) in [6.07, 6.45) is -0.472. The Morgan fingerprint density at radius 1 is 1.27 bits per heavy atom. The van der Waals surface area contributed by atoms with Gasteiger partial charge in [-0.1, -0.05) is 12.1 Å². The number of nitrogens with zero attached hydrogens (tertiary/aromatic N) is 2. The fourth-order valence-corrected chi connectivity index (χ4v) is 2.63. The number of aromatic nitrogens is 2. The van der Waals surface area contributed by atoms with Gasteiger partial charge in [-0.15, -0.1) is 0 Å². The summed E-state index contributed by atoms with van der Waals surface area (Å²) >= 11 is 0. The molecule has 0 radical (unpaired) electrons. The molecule has 26 heavy (non-hydrogen) atoms. The van der Waals surface area contributed by atoms with Gasteiger partial charge in [-0.25, -0.2) is 18.4 Å². The molecular formula is C18H25F2N3O3. The highest BCUT2D eigenvalue weighted by Crippen LogP contribution is 2.27. The number of hydrogen-bond acceptors (Lipinski definition) is 3. The number of piperidine rings is 1. The number of aryl methyl sites for hydroxylation is 1. The predicted molar refractivity (Wildman–Crippen MR) is 95.5 cm³/mol. The highest BCUT2D eigenvalue weighted by molar-refractivity contribution is 5.74. The number of halogens is 2. The average Bonchev–Trinajstić information content (AvgIpc) is 2.81. The Kier molecular flexibility index (Phi) is 5.73. The zero-order chi connectivity index (χ0) is 19.5. The molecule has 0 atom stereocenters. The lowest BCUT2D eigenvalue weighted by Crippen LogP contribution is -2.47. The van der Waals surface area contributed by atoms with E-state index in [9.17, 15) is 18.4 Å². The molecule has 0 unspecified atom stereocenters. The van der Waals surface area contributed by atoms with Gasteiger partial charge in [0.05, 0.1) is 17.6 Å². The molecule has 0 saturated carbocycles. The summed E-state index contributed by atoms with van der Waals surface area (Å²) in [6.45, 7) is 4.97. The van der Waals surface area contributed by atoms with Crippen LogP contribution in [-0.4, -0.2) is 45.2 Å². The number of ether oxygens (including phenoxy) is 1. The van der Waals surface area contributed by atoms with E-state index in [1.807, 2.05) is 24.3 Å². The molecule has 2 heterocycles. The van der Waals surface area contributed by atoms with Crippen molar-refractivity contribution in [2.45, 2.75) is 45.1 Å². The number of carbonyl (C=O) groups is 1. The minimum Gasteiger partial charge on any atom is -0.444 e. The minimum atomic E-state index is -2.77. The minimum absolute atomic E-state index is 0.0637. The average molecular weight is 369 g/mol. The summed E-state index contributed by atoms with van der Waals surface area (Å²) in [6, 6.07) is 7.61. The van der Waals surface area contributed by atoms with Gasteiger partial charge in [-0.2, -0.15) is 0 Å². The number of hydrogen-bond donors (Lipinski definition) is 1. The summed E-state index contributed by atoms with van der Waals surface area (Å²) in [4.78, 5) is 26.3. The van der Waals surface area contributed by atoms with Gasteiger partial charge in [0.25, 0.3) is 5.92 Å². The van der Waals surface area contributed by atoms with Crippen molar-refractivity contribution < 1.29 is 18.3 Å². The summed E-state index contributed by atoms with van der Waals surface area (Å²) in [5.41, 5.74) is 1.13. The van der Waals surface area contributed by atoms with Crippen LogP contribution in [0.3, 0.4) is 0 Å². The second-order valence-corrected chi connectivity index (χ2v) is 7.37. The number of amides is 1. The van der Waals surface area contributed by atoms with Crippen LogP contribution >= 0.6 is 0 Å². The van der Waals surface area contributed by atoms with Crippen molar-refractivity contribution in [3.63, 3.8) is 0 Å². The third-order valence-corrected chi connectivity index (χ3v) is 3.86. The molecule has 1 fully saturated rings.